The Morgan fingerprint density at radius 3 is 1.23 bits per heavy atom. The number of hydrogen-bond acceptors (Lipinski definition) is 2. The topological polar surface area (TPSA) is 26.3 Å². The maximum atomic E-state index is 12.3. The van der Waals surface area contributed by atoms with Crippen LogP contribution in [0.5, 0.6) is 0 Å². The van der Waals surface area contributed by atoms with Gasteiger partial charge in [0.25, 0.3) is 0 Å². The van der Waals surface area contributed by atoms with Crippen LogP contribution >= 0.6 is 6.83 Å². The minimum absolute atomic E-state index is 0.167. The van der Waals surface area contributed by atoms with E-state index in [9.17, 15) is 4.79 Å². The molecule has 31 heavy (non-hydrogen) atoms. The van der Waals surface area contributed by atoms with Crippen LogP contribution in [-0.4, -0.2) is 30.6 Å². The molecule has 0 aromatic carbocycles. The zero-order valence-corrected chi connectivity index (χ0v) is 23.0. The van der Waals surface area contributed by atoms with E-state index in [1.54, 1.807) is 6.92 Å². The SMILES string of the molecule is C=C(C)C(=O)OP(CC)(CC)(CC)CCCCCCCCCCCCCCCCCC. The second-order valence-corrected chi connectivity index (χ2v) is 16.2. The standard InChI is InChI=1S/C28H57O2P/c1-7-11-12-13-14-15-16-17-18-19-20-21-22-23-24-25-26-31(8-2,9-3,10-4)30-28(29)27(5)6/h5,7-26H2,1-4,6H3. The Morgan fingerprint density at radius 2 is 0.935 bits per heavy atom. The smallest absolute Gasteiger partial charge is 0.0654 e. The molecule has 0 fully saturated rings. The summed E-state index contributed by atoms with van der Waals surface area (Å²) in [6.07, 6.45) is 26.4. The summed E-state index contributed by atoms with van der Waals surface area (Å²) in [6.45, 7) is 12.1. The molecule has 0 bridgehead atoms. The number of carbonyl (C=O) groups excluding carboxylic acids is 1. The van der Waals surface area contributed by atoms with E-state index in [1.807, 2.05) is 0 Å². The first-order valence-corrected chi connectivity index (χ1v) is 16.7. The summed E-state index contributed by atoms with van der Waals surface area (Å²) in [5.74, 6) is -0.167. The van der Waals surface area contributed by atoms with Crippen molar-refractivity contribution in [2.75, 3.05) is 24.6 Å². The number of carbonyl (C=O) groups is 1. The molecule has 0 heterocycles. The van der Waals surface area contributed by atoms with E-state index >= 15 is 0 Å². The number of unbranched alkanes of at least 4 members (excludes halogenated alkanes) is 15. The summed E-state index contributed by atoms with van der Waals surface area (Å²) in [6, 6.07) is 0. The fraction of sp³-hybridized carbons (Fsp3) is 0.893. The first-order valence-electron chi connectivity index (χ1n) is 13.8. The minimum atomic E-state index is -2.40. The summed E-state index contributed by atoms with van der Waals surface area (Å²) in [5, 5.41) is 0. The minimum Gasteiger partial charge on any atom is -0.0654 e. The van der Waals surface area contributed by atoms with Gasteiger partial charge in [0.1, 0.15) is 0 Å². The fourth-order valence-corrected chi connectivity index (χ4v) is 9.17. The van der Waals surface area contributed by atoms with Gasteiger partial charge in [-0.1, -0.05) is 39.0 Å². The van der Waals surface area contributed by atoms with Crippen LogP contribution < -0.4 is 0 Å². The molecule has 0 saturated carbocycles. The molecular formula is C28H57O2P. The molecular weight excluding hydrogens is 399 g/mol. The molecule has 0 aliphatic rings. The predicted molar refractivity (Wildman–Crippen MR) is 144 cm³/mol. The van der Waals surface area contributed by atoms with Crippen molar-refractivity contribution < 1.29 is 9.32 Å². The monoisotopic (exact) mass is 456 g/mol. The predicted octanol–water partition coefficient (Wildman–Crippen LogP) is 9.90. The summed E-state index contributed by atoms with van der Waals surface area (Å²) >= 11 is 0. The van der Waals surface area contributed by atoms with E-state index in [1.165, 1.54) is 103 Å². The van der Waals surface area contributed by atoms with Crippen LogP contribution in [0.1, 0.15) is 137 Å². The van der Waals surface area contributed by atoms with Crippen molar-refractivity contribution in [1.29, 1.82) is 0 Å². The Morgan fingerprint density at radius 1 is 0.613 bits per heavy atom. The summed E-state index contributed by atoms with van der Waals surface area (Å²) in [4.78, 5) is 12.3. The van der Waals surface area contributed by atoms with Gasteiger partial charge in [0.2, 0.25) is 0 Å². The van der Waals surface area contributed by atoms with Crippen LogP contribution in [0.15, 0.2) is 12.2 Å². The third-order valence-electron chi connectivity index (χ3n) is 7.67. The summed E-state index contributed by atoms with van der Waals surface area (Å²) in [7, 11) is 0. The second-order valence-electron chi connectivity index (χ2n) is 9.99. The van der Waals surface area contributed by atoms with Gasteiger partial charge in [0.15, 0.2) is 0 Å². The first kappa shape index (κ1) is 30.6. The second kappa shape index (κ2) is 18.1. The van der Waals surface area contributed by atoms with E-state index in [4.69, 9.17) is 4.52 Å². The van der Waals surface area contributed by atoms with Crippen LogP contribution in [0, 0.1) is 0 Å². The van der Waals surface area contributed by atoms with Crippen molar-refractivity contribution in [3.8, 4) is 0 Å². The van der Waals surface area contributed by atoms with Gasteiger partial charge < -0.3 is 0 Å². The molecule has 0 spiro atoms. The molecule has 0 saturated heterocycles. The molecule has 0 aromatic rings. The van der Waals surface area contributed by atoms with Crippen molar-refractivity contribution in [2.24, 2.45) is 0 Å². The Balaban J connectivity index is 3.85. The van der Waals surface area contributed by atoms with Crippen LogP contribution in [0.2, 0.25) is 0 Å². The molecule has 0 N–H and O–H groups in total. The third-order valence-corrected chi connectivity index (χ3v) is 14.6. The average Bonchev–Trinajstić information content (AvgIpc) is 2.78. The van der Waals surface area contributed by atoms with Crippen LogP contribution in [-0.2, 0) is 9.32 Å². The van der Waals surface area contributed by atoms with Crippen LogP contribution in [0.4, 0.5) is 0 Å². The Kier molecular flexibility index (Phi) is 17.9. The van der Waals surface area contributed by atoms with Crippen LogP contribution in [0.3, 0.4) is 0 Å². The molecule has 0 atom stereocenters. The first-order chi connectivity index (χ1) is 14.9. The quantitative estimate of drug-likeness (QED) is 0.0920. The van der Waals surface area contributed by atoms with Gasteiger partial charge in [-0.25, -0.2) is 0 Å². The van der Waals surface area contributed by atoms with E-state index < -0.39 is 6.83 Å². The molecule has 0 unspecified atom stereocenters. The zero-order valence-electron chi connectivity index (χ0n) is 22.1. The molecule has 0 aliphatic carbocycles. The van der Waals surface area contributed by atoms with Gasteiger partial charge in [0.05, 0.1) is 0 Å². The van der Waals surface area contributed by atoms with E-state index in [-0.39, 0.29) is 5.97 Å². The molecule has 3 heteroatoms. The van der Waals surface area contributed by atoms with Crippen molar-refractivity contribution >= 4 is 12.8 Å². The fourth-order valence-electron chi connectivity index (χ4n) is 4.76. The molecule has 0 rings (SSSR count). The zero-order chi connectivity index (χ0) is 23.5. The van der Waals surface area contributed by atoms with Gasteiger partial charge in [-0.3, -0.25) is 0 Å². The van der Waals surface area contributed by atoms with Crippen molar-refractivity contribution in [3.63, 3.8) is 0 Å². The Hall–Kier alpha value is -0.360. The van der Waals surface area contributed by atoms with E-state index in [2.05, 4.69) is 34.3 Å². The van der Waals surface area contributed by atoms with Crippen molar-refractivity contribution in [3.05, 3.63) is 12.2 Å². The molecule has 0 radical (unpaired) electrons. The maximum absolute atomic E-state index is 12.3. The summed E-state index contributed by atoms with van der Waals surface area (Å²) < 4.78 is 6.25. The third kappa shape index (κ3) is 13.1. The van der Waals surface area contributed by atoms with Gasteiger partial charge >= 0.3 is 157 Å². The normalized spacial score (nSPS) is 13.0. The summed E-state index contributed by atoms with van der Waals surface area (Å²) in [5.41, 5.74) is 0.538. The molecule has 0 aromatic heterocycles. The molecule has 2 nitrogen and oxygen atoms in total. The molecule has 186 valence electrons. The Bertz CT molecular complexity index is 457. The average molecular weight is 457 g/mol. The number of rotatable bonds is 22. The van der Waals surface area contributed by atoms with Crippen molar-refractivity contribution in [2.45, 2.75) is 137 Å². The molecule has 0 aliphatic heterocycles. The van der Waals surface area contributed by atoms with Gasteiger partial charge in [-0.15, -0.1) is 0 Å². The van der Waals surface area contributed by atoms with Gasteiger partial charge in [-0.2, -0.15) is 0 Å². The molecule has 0 amide bonds. The van der Waals surface area contributed by atoms with E-state index in [0.717, 1.165) is 24.6 Å². The number of hydrogen-bond donors (Lipinski definition) is 0. The Labute approximate surface area is 196 Å². The van der Waals surface area contributed by atoms with Gasteiger partial charge in [0, 0.05) is 0 Å². The van der Waals surface area contributed by atoms with E-state index in [0.29, 0.717) is 5.57 Å². The van der Waals surface area contributed by atoms with Crippen LogP contribution in [0.25, 0.3) is 0 Å². The van der Waals surface area contributed by atoms with Gasteiger partial charge in [-0.05, 0) is 0 Å². The van der Waals surface area contributed by atoms with Crippen molar-refractivity contribution in [1.82, 2.24) is 0 Å².